The molecule has 0 aromatic carbocycles. The number of furan rings is 1. The normalized spacial score (nSPS) is 12.9. The largest absolute Gasteiger partial charge is 0.465 e. The van der Waals surface area contributed by atoms with Crippen LogP contribution in [0.2, 0.25) is 0 Å². The van der Waals surface area contributed by atoms with Gasteiger partial charge >= 0.3 is 0 Å². The summed E-state index contributed by atoms with van der Waals surface area (Å²) in [4.78, 5) is 15.1. The average molecular weight is 290 g/mol. The van der Waals surface area contributed by atoms with E-state index in [2.05, 4.69) is 16.3 Å². The van der Waals surface area contributed by atoms with Crippen LogP contribution in [0.5, 0.6) is 0 Å². The van der Waals surface area contributed by atoms with E-state index in [1.54, 1.807) is 35.8 Å². The third kappa shape index (κ3) is 4.08. The molecule has 20 heavy (non-hydrogen) atoms. The van der Waals surface area contributed by atoms with Crippen molar-refractivity contribution in [2.24, 2.45) is 0 Å². The van der Waals surface area contributed by atoms with Crippen LogP contribution < -0.4 is 5.32 Å². The molecule has 0 unspecified atom stereocenters. The lowest BCUT2D eigenvalue weighted by molar-refractivity contribution is -0.116. The van der Waals surface area contributed by atoms with E-state index in [4.69, 9.17) is 4.42 Å². The lowest BCUT2D eigenvalue weighted by Gasteiger charge is -2.23. The van der Waals surface area contributed by atoms with Gasteiger partial charge in [-0.25, -0.2) is 0 Å². The van der Waals surface area contributed by atoms with Crippen LogP contribution in [0.4, 0.5) is 0 Å². The van der Waals surface area contributed by atoms with Gasteiger partial charge in [0.2, 0.25) is 5.91 Å². The van der Waals surface area contributed by atoms with Crippen molar-refractivity contribution in [3.8, 4) is 0 Å². The van der Waals surface area contributed by atoms with Gasteiger partial charge in [0.05, 0.1) is 12.3 Å². The quantitative estimate of drug-likeness (QED) is 0.832. The van der Waals surface area contributed by atoms with Crippen molar-refractivity contribution in [1.82, 2.24) is 10.2 Å². The van der Waals surface area contributed by atoms with Crippen LogP contribution >= 0.6 is 11.3 Å². The minimum Gasteiger partial charge on any atom is -0.465 e. The number of amides is 1. The van der Waals surface area contributed by atoms with Crippen LogP contribution in [0, 0.1) is 0 Å². The molecule has 0 bridgehead atoms. The summed E-state index contributed by atoms with van der Waals surface area (Å²) in [5.74, 6) is 0.548. The van der Waals surface area contributed by atoms with Gasteiger partial charge in [0.1, 0.15) is 5.76 Å². The first-order chi connectivity index (χ1) is 9.66. The molecule has 4 nitrogen and oxygen atoms in total. The summed E-state index contributed by atoms with van der Waals surface area (Å²) in [6, 6.07) is 7.89. The monoisotopic (exact) mass is 290 g/mol. The maximum absolute atomic E-state index is 11.8. The van der Waals surface area contributed by atoms with Gasteiger partial charge in [-0.3, -0.25) is 4.79 Å². The molecule has 0 aliphatic heterocycles. The van der Waals surface area contributed by atoms with Gasteiger partial charge in [-0.1, -0.05) is 6.07 Å². The Kier molecular flexibility index (Phi) is 5.15. The predicted octanol–water partition coefficient (Wildman–Crippen LogP) is 2.77. The van der Waals surface area contributed by atoms with E-state index in [1.807, 2.05) is 25.5 Å². The number of carbonyl (C=O) groups excluding carboxylic acids is 1. The van der Waals surface area contributed by atoms with Gasteiger partial charge in [0.15, 0.2) is 0 Å². The van der Waals surface area contributed by atoms with E-state index in [9.17, 15) is 4.79 Å². The summed E-state index contributed by atoms with van der Waals surface area (Å²) in [5.41, 5.74) is 0. The molecule has 2 rings (SSSR count). The van der Waals surface area contributed by atoms with E-state index >= 15 is 0 Å². The van der Waals surface area contributed by atoms with Crippen molar-refractivity contribution in [3.63, 3.8) is 0 Å². The third-order valence-corrected chi connectivity index (χ3v) is 3.88. The molecule has 0 aliphatic carbocycles. The number of thiophene rings is 1. The highest BCUT2D eigenvalue weighted by Gasteiger charge is 2.15. The Balaban J connectivity index is 1.88. The van der Waals surface area contributed by atoms with Crippen LogP contribution in [-0.4, -0.2) is 31.4 Å². The standard InChI is InChI=1S/C15H18N2O2S/c1-17(2)13(14-6-4-10-20-14)11-16-15(18)8-7-12-5-3-9-19-12/h3-10,13H,11H2,1-2H3,(H,16,18)/b8-7-/t13-/m0/s1. The lowest BCUT2D eigenvalue weighted by Crippen LogP contribution is -2.33. The van der Waals surface area contributed by atoms with Crippen molar-refractivity contribution >= 4 is 23.3 Å². The second-order valence-electron chi connectivity index (χ2n) is 4.59. The fraction of sp³-hybridized carbons (Fsp3) is 0.267. The van der Waals surface area contributed by atoms with Gasteiger partial charge in [-0.2, -0.15) is 0 Å². The Morgan fingerprint density at radius 1 is 1.45 bits per heavy atom. The highest BCUT2D eigenvalue weighted by Crippen LogP contribution is 2.22. The van der Waals surface area contributed by atoms with Gasteiger partial charge in [-0.05, 0) is 43.8 Å². The molecule has 0 fully saturated rings. The molecular weight excluding hydrogens is 272 g/mol. The van der Waals surface area contributed by atoms with Gasteiger partial charge in [0, 0.05) is 17.5 Å². The maximum Gasteiger partial charge on any atom is 0.244 e. The Morgan fingerprint density at radius 2 is 2.30 bits per heavy atom. The van der Waals surface area contributed by atoms with Crippen molar-refractivity contribution < 1.29 is 9.21 Å². The zero-order chi connectivity index (χ0) is 14.4. The fourth-order valence-corrected chi connectivity index (χ4v) is 2.74. The highest BCUT2D eigenvalue weighted by molar-refractivity contribution is 7.10. The number of rotatable bonds is 6. The Morgan fingerprint density at radius 3 is 2.90 bits per heavy atom. The van der Waals surface area contributed by atoms with Crippen molar-refractivity contribution in [2.75, 3.05) is 20.6 Å². The van der Waals surface area contributed by atoms with Gasteiger partial charge in [-0.15, -0.1) is 11.3 Å². The number of carbonyl (C=O) groups is 1. The molecular formula is C15H18N2O2S. The van der Waals surface area contributed by atoms with Gasteiger partial charge in [0.25, 0.3) is 0 Å². The van der Waals surface area contributed by atoms with E-state index in [-0.39, 0.29) is 11.9 Å². The first-order valence-corrected chi connectivity index (χ1v) is 7.24. The zero-order valence-electron chi connectivity index (χ0n) is 11.6. The van der Waals surface area contributed by atoms with Crippen LogP contribution in [0.25, 0.3) is 6.08 Å². The van der Waals surface area contributed by atoms with E-state index in [0.29, 0.717) is 12.3 Å². The summed E-state index contributed by atoms with van der Waals surface area (Å²) in [6.07, 6.45) is 4.72. The Hall–Kier alpha value is -1.85. The molecule has 0 saturated carbocycles. The van der Waals surface area contributed by atoms with Crippen molar-refractivity contribution in [1.29, 1.82) is 0 Å². The number of hydrogen-bond acceptors (Lipinski definition) is 4. The lowest BCUT2D eigenvalue weighted by atomic mass is 10.2. The number of nitrogens with one attached hydrogen (secondary N) is 1. The van der Waals surface area contributed by atoms with Crippen molar-refractivity contribution in [2.45, 2.75) is 6.04 Å². The highest BCUT2D eigenvalue weighted by atomic mass is 32.1. The van der Waals surface area contributed by atoms with Gasteiger partial charge < -0.3 is 14.6 Å². The first kappa shape index (κ1) is 14.6. The second-order valence-corrected chi connectivity index (χ2v) is 5.57. The number of likely N-dealkylation sites (N-methyl/N-ethyl adjacent to an activating group) is 1. The summed E-state index contributed by atoms with van der Waals surface area (Å²) in [5, 5.41) is 4.96. The molecule has 0 saturated heterocycles. The molecule has 2 aromatic heterocycles. The smallest absolute Gasteiger partial charge is 0.244 e. The minimum absolute atomic E-state index is 0.121. The van der Waals surface area contributed by atoms with Crippen LogP contribution in [0.3, 0.4) is 0 Å². The number of hydrogen-bond donors (Lipinski definition) is 1. The summed E-state index contributed by atoms with van der Waals surface area (Å²) >= 11 is 1.70. The molecule has 0 spiro atoms. The molecule has 0 radical (unpaired) electrons. The van der Waals surface area contributed by atoms with E-state index < -0.39 is 0 Å². The zero-order valence-corrected chi connectivity index (χ0v) is 12.4. The molecule has 1 atom stereocenters. The predicted molar refractivity (Wildman–Crippen MR) is 81.5 cm³/mol. The molecule has 5 heteroatoms. The Bertz CT molecular complexity index is 544. The van der Waals surface area contributed by atoms with E-state index in [1.165, 1.54) is 11.0 Å². The minimum atomic E-state index is -0.121. The summed E-state index contributed by atoms with van der Waals surface area (Å²) in [6.45, 7) is 0.578. The van der Waals surface area contributed by atoms with E-state index in [0.717, 1.165) is 0 Å². The average Bonchev–Trinajstić information content (AvgIpc) is 3.09. The van der Waals surface area contributed by atoms with Crippen LogP contribution in [0.15, 0.2) is 46.4 Å². The maximum atomic E-state index is 11.8. The summed E-state index contributed by atoms with van der Waals surface area (Å²) < 4.78 is 5.13. The SMILES string of the molecule is CN(C)[C@@H](CNC(=O)/C=C\c1ccco1)c1cccs1. The topological polar surface area (TPSA) is 45.5 Å². The van der Waals surface area contributed by atoms with Crippen LogP contribution in [-0.2, 0) is 4.79 Å². The van der Waals surface area contributed by atoms with Crippen LogP contribution in [0.1, 0.15) is 16.7 Å². The Labute approximate surface area is 122 Å². The second kappa shape index (κ2) is 7.07. The molecule has 2 aromatic rings. The number of nitrogens with zero attached hydrogens (tertiary/aromatic N) is 1. The van der Waals surface area contributed by atoms with Crippen molar-refractivity contribution in [3.05, 3.63) is 52.6 Å². The molecule has 0 aliphatic rings. The fourth-order valence-electron chi connectivity index (χ4n) is 1.82. The third-order valence-electron chi connectivity index (χ3n) is 2.91. The molecule has 1 N–H and O–H groups in total. The first-order valence-electron chi connectivity index (χ1n) is 6.36. The molecule has 1 amide bonds. The molecule has 2 heterocycles. The summed E-state index contributed by atoms with van der Waals surface area (Å²) in [7, 11) is 4.02. The molecule has 106 valence electrons.